The van der Waals surface area contributed by atoms with Crippen LogP contribution in [-0.2, 0) is 11.2 Å². The number of nitrogens with zero attached hydrogens (tertiary/aromatic N) is 1. The van der Waals surface area contributed by atoms with Crippen molar-refractivity contribution in [2.75, 3.05) is 5.32 Å². The number of hydrogen-bond donors (Lipinski definition) is 1. The number of carbonyl (C=O) groups is 1. The van der Waals surface area contributed by atoms with Gasteiger partial charge in [0.15, 0.2) is 0 Å². The van der Waals surface area contributed by atoms with E-state index in [1.165, 1.54) is 0 Å². The van der Waals surface area contributed by atoms with E-state index in [1.807, 2.05) is 37.3 Å². The molecule has 0 atom stereocenters. The molecular weight excluding hydrogens is 292 g/mol. The molecule has 0 saturated heterocycles. The van der Waals surface area contributed by atoms with E-state index in [9.17, 15) is 4.79 Å². The van der Waals surface area contributed by atoms with E-state index in [4.69, 9.17) is 0 Å². The number of amides is 1. The summed E-state index contributed by atoms with van der Waals surface area (Å²) in [5, 5.41) is 2.82. The van der Waals surface area contributed by atoms with E-state index < -0.39 is 0 Å². The van der Waals surface area contributed by atoms with E-state index in [-0.39, 0.29) is 5.91 Å². The van der Waals surface area contributed by atoms with Gasteiger partial charge in [-0.05, 0) is 46.1 Å². The van der Waals surface area contributed by atoms with Crippen LogP contribution in [0.2, 0.25) is 0 Å². The fraction of sp³-hybridized carbons (Fsp3) is 0.143. The Balaban J connectivity index is 2.01. The van der Waals surface area contributed by atoms with Crippen LogP contribution in [0, 0.1) is 6.92 Å². The van der Waals surface area contributed by atoms with Crippen LogP contribution < -0.4 is 5.32 Å². The minimum Gasteiger partial charge on any atom is -0.324 e. The number of rotatable bonds is 3. The largest absolute Gasteiger partial charge is 0.324 e. The Labute approximate surface area is 114 Å². The summed E-state index contributed by atoms with van der Waals surface area (Å²) >= 11 is 3.25. The van der Waals surface area contributed by atoms with Gasteiger partial charge >= 0.3 is 0 Å². The van der Waals surface area contributed by atoms with Gasteiger partial charge in [-0.25, -0.2) is 4.98 Å². The lowest BCUT2D eigenvalue weighted by atomic mass is 10.1. The molecule has 0 bridgehead atoms. The van der Waals surface area contributed by atoms with Gasteiger partial charge in [-0.2, -0.15) is 0 Å². The quantitative estimate of drug-likeness (QED) is 0.884. The molecule has 18 heavy (non-hydrogen) atoms. The summed E-state index contributed by atoms with van der Waals surface area (Å²) in [6.45, 7) is 2.00. The van der Waals surface area contributed by atoms with Gasteiger partial charge in [-0.3, -0.25) is 4.79 Å². The highest BCUT2D eigenvalue weighted by Crippen LogP contribution is 2.12. The molecule has 0 aliphatic heterocycles. The number of halogens is 1. The van der Waals surface area contributed by atoms with Crippen molar-refractivity contribution in [2.24, 2.45) is 0 Å². The lowest BCUT2D eigenvalue weighted by molar-refractivity contribution is -0.115. The number of aromatic nitrogens is 1. The number of hydrogen-bond acceptors (Lipinski definition) is 2. The summed E-state index contributed by atoms with van der Waals surface area (Å²) in [4.78, 5) is 15.9. The molecular formula is C14H13BrN2O. The van der Waals surface area contributed by atoms with Gasteiger partial charge in [0.25, 0.3) is 0 Å². The molecule has 4 heteroatoms. The van der Waals surface area contributed by atoms with Crippen LogP contribution >= 0.6 is 15.9 Å². The molecule has 1 aromatic carbocycles. The number of benzene rings is 1. The summed E-state index contributed by atoms with van der Waals surface area (Å²) in [6.07, 6.45) is 2.00. The second-order valence-corrected chi connectivity index (χ2v) is 4.83. The van der Waals surface area contributed by atoms with Crippen LogP contribution in [0.4, 0.5) is 5.69 Å². The second kappa shape index (κ2) is 5.78. The highest BCUT2D eigenvalue weighted by atomic mass is 79.9. The standard InChI is InChI=1S/C14H13BrN2O/c1-10-4-2-3-5-11(10)8-14(18)17-12-6-7-13(15)16-9-12/h2-7,9H,8H2,1H3,(H,17,18). The first-order chi connectivity index (χ1) is 8.65. The molecule has 1 N–H and O–H groups in total. The monoisotopic (exact) mass is 304 g/mol. The topological polar surface area (TPSA) is 42.0 Å². The van der Waals surface area contributed by atoms with Crippen LogP contribution in [0.25, 0.3) is 0 Å². The lowest BCUT2D eigenvalue weighted by Gasteiger charge is -2.07. The maximum Gasteiger partial charge on any atom is 0.228 e. The maximum absolute atomic E-state index is 11.9. The van der Waals surface area contributed by atoms with Crippen LogP contribution in [0.3, 0.4) is 0 Å². The minimum absolute atomic E-state index is 0.0339. The third-order valence-electron chi connectivity index (χ3n) is 2.62. The third-order valence-corrected chi connectivity index (χ3v) is 3.09. The normalized spacial score (nSPS) is 10.1. The van der Waals surface area contributed by atoms with Crippen molar-refractivity contribution < 1.29 is 4.79 Å². The van der Waals surface area contributed by atoms with Crippen molar-refractivity contribution in [3.8, 4) is 0 Å². The van der Waals surface area contributed by atoms with Gasteiger partial charge in [0.05, 0.1) is 18.3 Å². The van der Waals surface area contributed by atoms with E-state index in [0.717, 1.165) is 15.7 Å². The molecule has 92 valence electrons. The average Bonchev–Trinajstić information content (AvgIpc) is 2.35. The third kappa shape index (κ3) is 3.40. The Bertz CT molecular complexity index is 552. The predicted octanol–water partition coefficient (Wildman–Crippen LogP) is 3.33. The Kier molecular flexibility index (Phi) is 4.10. The maximum atomic E-state index is 11.9. The molecule has 1 aromatic heterocycles. The zero-order valence-electron chi connectivity index (χ0n) is 9.98. The second-order valence-electron chi connectivity index (χ2n) is 4.02. The molecule has 0 aliphatic carbocycles. The molecule has 1 amide bonds. The SMILES string of the molecule is Cc1ccccc1CC(=O)Nc1ccc(Br)nc1. The minimum atomic E-state index is -0.0339. The van der Waals surface area contributed by atoms with E-state index in [2.05, 4.69) is 26.2 Å². The van der Waals surface area contributed by atoms with E-state index in [1.54, 1.807) is 12.3 Å². The Morgan fingerprint density at radius 3 is 2.72 bits per heavy atom. The fourth-order valence-electron chi connectivity index (χ4n) is 1.64. The molecule has 3 nitrogen and oxygen atoms in total. The zero-order chi connectivity index (χ0) is 13.0. The van der Waals surface area contributed by atoms with Crippen molar-refractivity contribution in [3.05, 3.63) is 58.3 Å². The first kappa shape index (κ1) is 12.8. The number of anilines is 1. The van der Waals surface area contributed by atoms with Gasteiger partial charge in [0.1, 0.15) is 4.60 Å². The molecule has 0 spiro atoms. The highest BCUT2D eigenvalue weighted by Gasteiger charge is 2.06. The predicted molar refractivity (Wildman–Crippen MR) is 75.4 cm³/mol. The van der Waals surface area contributed by atoms with Crippen molar-refractivity contribution in [1.29, 1.82) is 0 Å². The van der Waals surface area contributed by atoms with Crippen LogP contribution in [0.1, 0.15) is 11.1 Å². The summed E-state index contributed by atoms with van der Waals surface area (Å²) < 4.78 is 0.749. The van der Waals surface area contributed by atoms with E-state index in [0.29, 0.717) is 12.1 Å². The zero-order valence-corrected chi connectivity index (χ0v) is 11.6. The molecule has 2 aromatic rings. The van der Waals surface area contributed by atoms with Crippen molar-refractivity contribution >= 4 is 27.5 Å². The van der Waals surface area contributed by atoms with Gasteiger partial charge in [-0.15, -0.1) is 0 Å². The van der Waals surface area contributed by atoms with Gasteiger partial charge < -0.3 is 5.32 Å². The molecule has 0 aliphatic rings. The van der Waals surface area contributed by atoms with Crippen LogP contribution in [-0.4, -0.2) is 10.9 Å². The van der Waals surface area contributed by atoms with Gasteiger partial charge in [0.2, 0.25) is 5.91 Å². The fourth-order valence-corrected chi connectivity index (χ4v) is 1.87. The molecule has 0 saturated carbocycles. The first-order valence-electron chi connectivity index (χ1n) is 5.61. The molecule has 2 rings (SSSR count). The number of nitrogens with one attached hydrogen (secondary N) is 1. The Hall–Kier alpha value is -1.68. The number of aryl methyl sites for hydroxylation is 1. The van der Waals surface area contributed by atoms with Crippen molar-refractivity contribution in [3.63, 3.8) is 0 Å². The molecule has 1 heterocycles. The summed E-state index contributed by atoms with van der Waals surface area (Å²) in [7, 11) is 0. The molecule has 0 radical (unpaired) electrons. The average molecular weight is 305 g/mol. The van der Waals surface area contributed by atoms with E-state index >= 15 is 0 Å². The van der Waals surface area contributed by atoms with Crippen molar-refractivity contribution in [1.82, 2.24) is 4.98 Å². The van der Waals surface area contributed by atoms with Crippen molar-refractivity contribution in [2.45, 2.75) is 13.3 Å². The number of carbonyl (C=O) groups excluding carboxylic acids is 1. The summed E-state index contributed by atoms with van der Waals surface area (Å²) in [5.41, 5.74) is 2.87. The lowest BCUT2D eigenvalue weighted by Crippen LogP contribution is -2.15. The highest BCUT2D eigenvalue weighted by molar-refractivity contribution is 9.10. The summed E-state index contributed by atoms with van der Waals surface area (Å²) in [6, 6.07) is 11.5. The smallest absolute Gasteiger partial charge is 0.228 e. The molecule has 0 unspecified atom stereocenters. The van der Waals surface area contributed by atoms with Crippen LogP contribution in [0.15, 0.2) is 47.2 Å². The van der Waals surface area contributed by atoms with Crippen LogP contribution in [0.5, 0.6) is 0 Å². The molecule has 0 fully saturated rings. The summed E-state index contributed by atoms with van der Waals surface area (Å²) in [5.74, 6) is -0.0339. The number of pyridine rings is 1. The van der Waals surface area contributed by atoms with Gasteiger partial charge in [0, 0.05) is 0 Å². The Morgan fingerprint density at radius 1 is 1.28 bits per heavy atom. The van der Waals surface area contributed by atoms with Gasteiger partial charge in [-0.1, -0.05) is 24.3 Å². The Morgan fingerprint density at radius 2 is 2.06 bits per heavy atom. The first-order valence-corrected chi connectivity index (χ1v) is 6.40.